The molecule has 2 rings (SSSR count). The van der Waals surface area contributed by atoms with Gasteiger partial charge in [-0.1, -0.05) is 0 Å². The fourth-order valence-electron chi connectivity index (χ4n) is 1.59. The van der Waals surface area contributed by atoms with E-state index in [0.29, 0.717) is 5.82 Å². The molecule has 1 unspecified atom stereocenters. The van der Waals surface area contributed by atoms with Crippen molar-refractivity contribution >= 4 is 15.7 Å². The first-order valence-corrected chi connectivity index (χ1v) is 6.95. The molecule has 102 valence electrons. The highest BCUT2D eigenvalue weighted by atomic mass is 32.2. The third-order valence-corrected chi connectivity index (χ3v) is 4.06. The third kappa shape index (κ3) is 2.91. The number of hydrogen-bond donors (Lipinski definition) is 3. The molecular formula is C11H13FN4O2S. The Hall–Kier alpha value is -1.93. The summed E-state index contributed by atoms with van der Waals surface area (Å²) < 4.78 is 40.0. The van der Waals surface area contributed by atoms with Gasteiger partial charge in [0.2, 0.25) is 10.0 Å². The first kappa shape index (κ1) is 13.5. The first-order chi connectivity index (χ1) is 8.90. The Morgan fingerprint density at radius 3 is 2.84 bits per heavy atom. The average Bonchev–Trinajstić information content (AvgIpc) is 2.85. The number of H-pyrrole nitrogens is 1. The molecule has 1 aromatic heterocycles. The summed E-state index contributed by atoms with van der Waals surface area (Å²) in [6.07, 6.45) is 3.07. The Kier molecular flexibility index (Phi) is 3.54. The number of rotatable bonds is 4. The number of nitrogens with one attached hydrogen (secondary N) is 2. The highest BCUT2D eigenvalue weighted by Crippen LogP contribution is 2.19. The van der Waals surface area contributed by atoms with Crippen LogP contribution >= 0.6 is 0 Å². The number of nitrogens with zero attached hydrogens (tertiary/aromatic N) is 1. The smallest absolute Gasteiger partial charge is 0.244 e. The number of halogens is 1. The summed E-state index contributed by atoms with van der Waals surface area (Å²) in [6, 6.07) is 2.78. The normalized spacial score (nSPS) is 13.4. The lowest BCUT2D eigenvalue weighted by Crippen LogP contribution is -2.28. The second-order valence-electron chi connectivity index (χ2n) is 4.01. The van der Waals surface area contributed by atoms with Gasteiger partial charge in [0.25, 0.3) is 0 Å². The fraction of sp³-hybridized carbons (Fsp3) is 0.182. The van der Waals surface area contributed by atoms with E-state index >= 15 is 0 Å². The number of nitrogens with two attached hydrogens (primary N) is 1. The van der Waals surface area contributed by atoms with E-state index in [1.54, 1.807) is 13.1 Å². The zero-order chi connectivity index (χ0) is 14.0. The molecular weight excluding hydrogens is 271 g/mol. The Morgan fingerprint density at radius 2 is 2.21 bits per heavy atom. The maximum atomic E-state index is 13.6. The zero-order valence-corrected chi connectivity index (χ0v) is 10.9. The number of nitrogen functional groups attached to an aromatic ring is 1. The van der Waals surface area contributed by atoms with Gasteiger partial charge in [-0.05, 0) is 25.1 Å². The van der Waals surface area contributed by atoms with Gasteiger partial charge < -0.3 is 10.7 Å². The summed E-state index contributed by atoms with van der Waals surface area (Å²) in [5.41, 5.74) is 5.65. The summed E-state index contributed by atoms with van der Waals surface area (Å²) in [5, 5.41) is 0. The fourth-order valence-corrected chi connectivity index (χ4v) is 2.91. The van der Waals surface area contributed by atoms with Crippen molar-refractivity contribution in [3.63, 3.8) is 0 Å². The lowest BCUT2D eigenvalue weighted by atomic mass is 10.3. The zero-order valence-electron chi connectivity index (χ0n) is 10.1. The van der Waals surface area contributed by atoms with E-state index in [2.05, 4.69) is 14.7 Å². The quantitative estimate of drug-likeness (QED) is 0.733. The molecule has 0 fully saturated rings. The van der Waals surface area contributed by atoms with E-state index in [9.17, 15) is 12.8 Å². The number of hydrogen-bond acceptors (Lipinski definition) is 4. The molecule has 0 radical (unpaired) electrons. The van der Waals surface area contributed by atoms with Crippen molar-refractivity contribution in [2.45, 2.75) is 17.9 Å². The molecule has 0 saturated heterocycles. The van der Waals surface area contributed by atoms with E-state index in [4.69, 9.17) is 5.73 Å². The number of imidazole rings is 1. The molecule has 1 atom stereocenters. The molecule has 1 heterocycles. The molecule has 0 saturated carbocycles. The lowest BCUT2D eigenvalue weighted by molar-refractivity contribution is 0.543. The van der Waals surface area contributed by atoms with Gasteiger partial charge in [0, 0.05) is 18.1 Å². The topological polar surface area (TPSA) is 101 Å². The lowest BCUT2D eigenvalue weighted by Gasteiger charge is -2.13. The van der Waals surface area contributed by atoms with Crippen molar-refractivity contribution in [2.24, 2.45) is 0 Å². The maximum Gasteiger partial charge on any atom is 0.244 e. The summed E-state index contributed by atoms with van der Waals surface area (Å²) in [6.45, 7) is 1.60. The van der Waals surface area contributed by atoms with Gasteiger partial charge in [-0.3, -0.25) is 0 Å². The van der Waals surface area contributed by atoms with Crippen LogP contribution in [0.15, 0.2) is 35.5 Å². The molecule has 0 aliphatic carbocycles. The van der Waals surface area contributed by atoms with E-state index in [0.717, 1.165) is 12.1 Å². The van der Waals surface area contributed by atoms with Gasteiger partial charge in [0.1, 0.15) is 16.5 Å². The van der Waals surface area contributed by atoms with Gasteiger partial charge in [-0.15, -0.1) is 0 Å². The molecule has 0 amide bonds. The van der Waals surface area contributed by atoms with Gasteiger partial charge in [-0.25, -0.2) is 22.5 Å². The van der Waals surface area contributed by atoms with Crippen LogP contribution in [0.25, 0.3) is 0 Å². The van der Waals surface area contributed by atoms with Crippen LogP contribution in [-0.2, 0) is 10.0 Å². The Bertz CT molecular complexity index is 670. The van der Waals surface area contributed by atoms with Crippen LogP contribution in [0.1, 0.15) is 18.8 Å². The van der Waals surface area contributed by atoms with Crippen LogP contribution in [0.2, 0.25) is 0 Å². The SMILES string of the molecule is CC(NS(=O)(=O)c1cc(N)ccc1F)c1ncc[nH]1. The molecule has 0 aliphatic heterocycles. The van der Waals surface area contributed by atoms with Crippen molar-refractivity contribution in [2.75, 3.05) is 5.73 Å². The molecule has 4 N–H and O–H groups in total. The van der Waals surface area contributed by atoms with E-state index < -0.39 is 26.8 Å². The number of benzene rings is 1. The van der Waals surface area contributed by atoms with Gasteiger partial charge in [-0.2, -0.15) is 0 Å². The molecule has 0 spiro atoms. The van der Waals surface area contributed by atoms with Crippen LogP contribution in [0, 0.1) is 5.82 Å². The summed E-state index contributed by atoms with van der Waals surface area (Å²) >= 11 is 0. The summed E-state index contributed by atoms with van der Waals surface area (Å²) in [4.78, 5) is 6.23. The molecule has 8 heteroatoms. The van der Waals surface area contributed by atoms with E-state index in [-0.39, 0.29) is 5.69 Å². The Labute approximate surface area is 109 Å². The molecule has 0 bridgehead atoms. The Morgan fingerprint density at radius 1 is 1.47 bits per heavy atom. The predicted molar refractivity (Wildman–Crippen MR) is 68.1 cm³/mol. The van der Waals surface area contributed by atoms with Gasteiger partial charge >= 0.3 is 0 Å². The van der Waals surface area contributed by atoms with Crippen molar-refractivity contribution in [3.05, 3.63) is 42.2 Å². The molecule has 2 aromatic rings. The average molecular weight is 284 g/mol. The molecule has 1 aromatic carbocycles. The third-order valence-electron chi connectivity index (χ3n) is 2.51. The Balaban J connectivity index is 2.30. The van der Waals surface area contributed by atoms with Gasteiger partial charge in [0.15, 0.2) is 0 Å². The number of anilines is 1. The highest BCUT2D eigenvalue weighted by Gasteiger charge is 2.23. The molecule has 0 aliphatic rings. The highest BCUT2D eigenvalue weighted by molar-refractivity contribution is 7.89. The minimum atomic E-state index is -4.00. The number of aromatic amines is 1. The van der Waals surface area contributed by atoms with Crippen LogP contribution in [0.4, 0.5) is 10.1 Å². The minimum Gasteiger partial charge on any atom is -0.399 e. The van der Waals surface area contributed by atoms with Crippen LogP contribution in [-0.4, -0.2) is 18.4 Å². The van der Waals surface area contributed by atoms with E-state index in [1.807, 2.05) is 0 Å². The van der Waals surface area contributed by atoms with Crippen LogP contribution in [0.3, 0.4) is 0 Å². The van der Waals surface area contributed by atoms with Crippen molar-refractivity contribution in [3.8, 4) is 0 Å². The van der Waals surface area contributed by atoms with Crippen LogP contribution < -0.4 is 10.5 Å². The minimum absolute atomic E-state index is 0.174. The first-order valence-electron chi connectivity index (χ1n) is 5.47. The number of aromatic nitrogens is 2. The second-order valence-corrected chi connectivity index (χ2v) is 5.69. The molecule has 19 heavy (non-hydrogen) atoms. The van der Waals surface area contributed by atoms with Crippen molar-refractivity contribution < 1.29 is 12.8 Å². The monoisotopic (exact) mass is 284 g/mol. The van der Waals surface area contributed by atoms with Gasteiger partial charge in [0.05, 0.1) is 6.04 Å². The van der Waals surface area contributed by atoms with E-state index in [1.165, 1.54) is 12.3 Å². The molecule has 6 nitrogen and oxygen atoms in total. The second kappa shape index (κ2) is 4.98. The predicted octanol–water partition coefficient (Wildman–Crippen LogP) is 1.17. The van der Waals surface area contributed by atoms with Crippen LogP contribution in [0.5, 0.6) is 0 Å². The van der Waals surface area contributed by atoms with Crippen molar-refractivity contribution in [1.29, 1.82) is 0 Å². The standard InChI is InChI=1S/C11H13FN4O2S/c1-7(11-14-4-5-15-11)16-19(17,18)10-6-8(13)2-3-9(10)12/h2-7,16H,13H2,1H3,(H,14,15). The maximum absolute atomic E-state index is 13.6. The largest absolute Gasteiger partial charge is 0.399 e. The summed E-state index contributed by atoms with van der Waals surface area (Å²) in [7, 11) is -4.00. The number of sulfonamides is 1. The summed E-state index contributed by atoms with van der Waals surface area (Å²) in [5.74, 6) is -0.416. The van der Waals surface area contributed by atoms with Crippen molar-refractivity contribution in [1.82, 2.24) is 14.7 Å².